The predicted octanol–water partition coefficient (Wildman–Crippen LogP) is 0.671. The molecule has 2 N–H and O–H groups in total. The van der Waals surface area contributed by atoms with E-state index in [1.165, 1.54) is 6.07 Å². The van der Waals surface area contributed by atoms with Crippen molar-refractivity contribution < 1.29 is 5.03 Å². The van der Waals surface area contributed by atoms with Crippen LogP contribution in [0.1, 0.15) is 26.5 Å². The van der Waals surface area contributed by atoms with Gasteiger partial charge in [0.2, 0.25) is 0 Å². The van der Waals surface area contributed by atoms with Gasteiger partial charge >= 0.3 is 0 Å². The number of nitrogens with one attached hydrogen (secondary N) is 2. The van der Waals surface area contributed by atoms with Gasteiger partial charge in [0.05, 0.1) is 5.69 Å². The van der Waals surface area contributed by atoms with Crippen LogP contribution in [0.2, 0.25) is 0 Å². The highest BCUT2D eigenvalue weighted by molar-refractivity contribution is 5.24. The Bertz CT molecular complexity index is 432. The van der Waals surface area contributed by atoms with Gasteiger partial charge in [0.1, 0.15) is 0 Å². The standard InChI is InChI=1S/C8H12N4O3/c1-8(2,3)5-4-6(13)10-7(9-5)11-12(14)15/h4H,1-3H3,(H2,9,10,11,13). The number of hydrazine groups is 1. The number of nitrogens with zero attached hydrogens (tertiary/aromatic N) is 2. The molecule has 0 amide bonds. The van der Waals surface area contributed by atoms with E-state index in [4.69, 9.17) is 0 Å². The third-order valence-electron chi connectivity index (χ3n) is 1.71. The molecule has 0 fully saturated rings. The van der Waals surface area contributed by atoms with Crippen molar-refractivity contribution in [2.24, 2.45) is 0 Å². The second-order valence-corrected chi connectivity index (χ2v) is 4.10. The van der Waals surface area contributed by atoms with Crippen LogP contribution in [0.15, 0.2) is 10.9 Å². The SMILES string of the molecule is CC(C)(C)c1cc(=O)[nH]c(N[N+](=O)[O-])n1. The lowest BCUT2D eigenvalue weighted by atomic mass is 9.92. The Morgan fingerprint density at radius 1 is 1.53 bits per heavy atom. The van der Waals surface area contributed by atoms with Gasteiger partial charge in [-0.3, -0.25) is 9.78 Å². The molecule has 0 spiro atoms. The summed E-state index contributed by atoms with van der Waals surface area (Å²) in [5.74, 6) is -0.155. The van der Waals surface area contributed by atoms with Crippen molar-refractivity contribution in [1.29, 1.82) is 0 Å². The number of aromatic nitrogens is 2. The van der Waals surface area contributed by atoms with Crippen LogP contribution in [0.25, 0.3) is 0 Å². The summed E-state index contributed by atoms with van der Waals surface area (Å²) in [6.45, 7) is 5.60. The molecule has 0 aliphatic rings. The van der Waals surface area contributed by atoms with Crippen LogP contribution in [0.5, 0.6) is 0 Å². The van der Waals surface area contributed by atoms with Crippen LogP contribution in [0, 0.1) is 10.1 Å². The van der Waals surface area contributed by atoms with Crippen molar-refractivity contribution in [3.63, 3.8) is 0 Å². The molecule has 0 aliphatic heterocycles. The molecule has 7 nitrogen and oxygen atoms in total. The van der Waals surface area contributed by atoms with Crippen molar-refractivity contribution in [3.8, 4) is 0 Å². The molecule has 15 heavy (non-hydrogen) atoms. The molecule has 1 aromatic heterocycles. The lowest BCUT2D eigenvalue weighted by Crippen LogP contribution is -2.22. The fourth-order valence-corrected chi connectivity index (χ4v) is 0.981. The van der Waals surface area contributed by atoms with Crippen molar-refractivity contribution >= 4 is 5.95 Å². The zero-order chi connectivity index (χ0) is 11.6. The highest BCUT2D eigenvalue weighted by Gasteiger charge is 2.17. The van der Waals surface area contributed by atoms with E-state index >= 15 is 0 Å². The van der Waals surface area contributed by atoms with Crippen molar-refractivity contribution in [1.82, 2.24) is 9.97 Å². The number of anilines is 1. The zero-order valence-corrected chi connectivity index (χ0v) is 8.70. The van der Waals surface area contributed by atoms with E-state index < -0.39 is 10.6 Å². The lowest BCUT2D eigenvalue weighted by Gasteiger charge is -2.16. The molecular weight excluding hydrogens is 200 g/mol. The van der Waals surface area contributed by atoms with E-state index in [9.17, 15) is 14.9 Å². The molecule has 1 aromatic rings. The number of nitro groups is 1. The van der Waals surface area contributed by atoms with Gasteiger partial charge in [-0.1, -0.05) is 26.2 Å². The third-order valence-corrected chi connectivity index (χ3v) is 1.71. The van der Waals surface area contributed by atoms with Crippen LogP contribution < -0.4 is 11.0 Å². The first-order valence-corrected chi connectivity index (χ1v) is 4.32. The molecule has 7 heteroatoms. The molecule has 0 bridgehead atoms. The number of aromatic amines is 1. The summed E-state index contributed by atoms with van der Waals surface area (Å²) < 4.78 is 0. The molecular formula is C8H12N4O3. The van der Waals surface area contributed by atoms with Gasteiger partial charge in [-0.2, -0.15) is 0 Å². The maximum absolute atomic E-state index is 11.2. The van der Waals surface area contributed by atoms with Crippen LogP contribution in [0.4, 0.5) is 5.95 Å². The maximum Gasteiger partial charge on any atom is 0.266 e. The molecule has 0 aromatic carbocycles. The third kappa shape index (κ3) is 3.04. The molecule has 1 rings (SSSR count). The predicted molar refractivity (Wildman–Crippen MR) is 54.2 cm³/mol. The van der Waals surface area contributed by atoms with Crippen LogP contribution in [-0.2, 0) is 5.41 Å². The summed E-state index contributed by atoms with van der Waals surface area (Å²) in [5, 5.41) is 9.40. The van der Waals surface area contributed by atoms with Gasteiger partial charge in [-0.15, -0.1) is 0 Å². The van der Waals surface area contributed by atoms with Gasteiger partial charge in [0, 0.05) is 11.5 Å². The normalized spacial score (nSPS) is 11.1. The van der Waals surface area contributed by atoms with Crippen molar-refractivity contribution in [2.45, 2.75) is 26.2 Å². The average molecular weight is 212 g/mol. The second kappa shape index (κ2) is 3.68. The van der Waals surface area contributed by atoms with E-state index in [1.54, 1.807) is 0 Å². The Hall–Kier alpha value is -1.92. The maximum atomic E-state index is 11.2. The minimum absolute atomic E-state index is 0.155. The summed E-state index contributed by atoms with van der Waals surface area (Å²) >= 11 is 0. The Morgan fingerprint density at radius 3 is 2.60 bits per heavy atom. The molecule has 1 heterocycles. The Balaban J connectivity index is 3.17. The monoisotopic (exact) mass is 212 g/mol. The molecule has 0 radical (unpaired) electrons. The Morgan fingerprint density at radius 2 is 2.13 bits per heavy atom. The van der Waals surface area contributed by atoms with Gasteiger partial charge in [-0.05, 0) is 0 Å². The van der Waals surface area contributed by atoms with E-state index in [0.717, 1.165) is 0 Å². The topological polar surface area (TPSA) is 101 Å². The number of H-pyrrole nitrogens is 1. The average Bonchev–Trinajstić information content (AvgIpc) is 1.99. The first kappa shape index (κ1) is 11.2. The highest BCUT2D eigenvalue weighted by atomic mass is 16.7. The van der Waals surface area contributed by atoms with Gasteiger partial charge < -0.3 is 0 Å². The van der Waals surface area contributed by atoms with Gasteiger partial charge in [-0.25, -0.2) is 15.1 Å². The highest BCUT2D eigenvalue weighted by Crippen LogP contribution is 2.18. The van der Waals surface area contributed by atoms with Crippen LogP contribution >= 0.6 is 0 Å². The fraction of sp³-hybridized carbons (Fsp3) is 0.500. The second-order valence-electron chi connectivity index (χ2n) is 4.10. The Kier molecular flexibility index (Phi) is 2.74. The van der Waals surface area contributed by atoms with Crippen LogP contribution in [-0.4, -0.2) is 15.0 Å². The van der Waals surface area contributed by atoms with E-state index in [-0.39, 0.29) is 11.4 Å². The Labute approximate surface area is 85.7 Å². The van der Waals surface area contributed by atoms with E-state index in [0.29, 0.717) is 5.69 Å². The zero-order valence-electron chi connectivity index (χ0n) is 8.70. The number of hydrogen-bond acceptors (Lipinski definition) is 4. The summed E-state index contributed by atoms with van der Waals surface area (Å²) in [6.07, 6.45) is 0. The largest absolute Gasteiger partial charge is 0.288 e. The van der Waals surface area contributed by atoms with Crippen molar-refractivity contribution in [3.05, 3.63) is 32.2 Å². The minimum atomic E-state index is -0.773. The number of rotatable bonds is 2. The molecule has 0 saturated heterocycles. The molecule has 82 valence electrons. The fourth-order valence-electron chi connectivity index (χ4n) is 0.981. The smallest absolute Gasteiger partial charge is 0.266 e. The minimum Gasteiger partial charge on any atom is -0.288 e. The summed E-state index contributed by atoms with van der Waals surface area (Å²) in [6, 6.07) is 1.32. The quantitative estimate of drug-likeness (QED) is 0.554. The van der Waals surface area contributed by atoms with E-state index in [2.05, 4.69) is 9.97 Å². The van der Waals surface area contributed by atoms with Gasteiger partial charge in [0.15, 0.2) is 5.03 Å². The molecule has 0 atom stereocenters. The molecule has 0 unspecified atom stereocenters. The summed E-state index contributed by atoms with van der Waals surface area (Å²) in [5.41, 5.74) is 1.56. The first-order valence-electron chi connectivity index (χ1n) is 4.32. The molecule has 0 aliphatic carbocycles. The lowest BCUT2D eigenvalue weighted by molar-refractivity contribution is -0.446. The van der Waals surface area contributed by atoms with Crippen LogP contribution in [0.3, 0.4) is 0 Å². The first-order chi connectivity index (χ1) is 6.79. The summed E-state index contributed by atoms with van der Waals surface area (Å²) in [4.78, 5) is 27.5. The number of hydrogen-bond donors (Lipinski definition) is 2. The van der Waals surface area contributed by atoms with Crippen molar-refractivity contribution in [2.75, 3.05) is 5.43 Å². The van der Waals surface area contributed by atoms with Gasteiger partial charge in [0.25, 0.3) is 11.5 Å². The van der Waals surface area contributed by atoms with E-state index in [1.807, 2.05) is 26.2 Å². The molecule has 0 saturated carbocycles. The summed E-state index contributed by atoms with van der Waals surface area (Å²) in [7, 11) is 0.